The molecule has 0 bridgehead atoms. The van der Waals surface area contributed by atoms with Gasteiger partial charge < -0.3 is 20.9 Å². The molecule has 3 aromatic rings. The number of hydrogen-bond donors (Lipinski definition) is 3. The number of rotatable bonds is 8. The maximum Gasteiger partial charge on any atom is 0.338 e. The first-order valence-corrected chi connectivity index (χ1v) is 15.1. The van der Waals surface area contributed by atoms with Gasteiger partial charge in [-0.15, -0.1) is 0 Å². The first kappa shape index (κ1) is 30.0. The average molecular weight is 631 g/mol. The molecule has 2 heterocycles. The Bertz CT molecular complexity index is 1590. The van der Waals surface area contributed by atoms with Crippen molar-refractivity contribution in [1.29, 1.82) is 0 Å². The van der Waals surface area contributed by atoms with Crippen molar-refractivity contribution in [3.05, 3.63) is 98.5 Å². The van der Waals surface area contributed by atoms with Gasteiger partial charge in [0.2, 0.25) is 5.91 Å². The van der Waals surface area contributed by atoms with Gasteiger partial charge in [0.15, 0.2) is 0 Å². The summed E-state index contributed by atoms with van der Waals surface area (Å²) in [6.45, 7) is 2.39. The lowest BCUT2D eigenvalue weighted by Gasteiger charge is -2.40. The molecule has 0 unspecified atom stereocenters. The Morgan fingerprint density at radius 2 is 1.88 bits per heavy atom. The Balaban J connectivity index is 1.47. The monoisotopic (exact) mass is 629 g/mol. The number of benzene rings is 3. The van der Waals surface area contributed by atoms with Crippen molar-refractivity contribution >= 4 is 40.8 Å². The van der Waals surface area contributed by atoms with Gasteiger partial charge in [-0.25, -0.2) is 13.6 Å². The van der Waals surface area contributed by atoms with Crippen molar-refractivity contribution in [2.75, 3.05) is 18.5 Å². The van der Waals surface area contributed by atoms with E-state index in [0.29, 0.717) is 28.9 Å². The Hall–Kier alpha value is -3.08. The van der Waals surface area contributed by atoms with Crippen LogP contribution in [0.3, 0.4) is 0 Å². The molecular weight excluding hydrogens is 599 g/mol. The third kappa shape index (κ3) is 5.01. The summed E-state index contributed by atoms with van der Waals surface area (Å²) in [7, 11) is 0. The topological polar surface area (TPSA) is 105 Å². The predicted molar refractivity (Wildman–Crippen MR) is 159 cm³/mol. The minimum absolute atomic E-state index is 0.0890. The molecule has 1 spiro atoms. The van der Waals surface area contributed by atoms with Crippen LogP contribution >= 0.6 is 23.2 Å². The Morgan fingerprint density at radius 3 is 2.56 bits per heavy atom. The van der Waals surface area contributed by atoms with Crippen LogP contribution in [0.2, 0.25) is 10.0 Å². The maximum atomic E-state index is 15.8. The number of hydrogen-bond acceptors (Lipinski definition) is 6. The molecular formula is C32H31Cl2F2N3O4. The minimum Gasteiger partial charge on any atom is -0.462 e. The summed E-state index contributed by atoms with van der Waals surface area (Å²) in [4.78, 5) is 28.3. The van der Waals surface area contributed by atoms with Crippen molar-refractivity contribution < 1.29 is 28.2 Å². The molecule has 7 nitrogen and oxygen atoms in total. The number of aliphatic hydroxyl groups excluding tert-OH is 1. The molecule has 5 atom stereocenters. The van der Waals surface area contributed by atoms with Crippen LogP contribution < -0.4 is 11.1 Å². The summed E-state index contributed by atoms with van der Waals surface area (Å²) >= 11 is 12.3. The number of likely N-dealkylation sites (tertiary alicyclic amines) is 1. The van der Waals surface area contributed by atoms with Crippen LogP contribution in [-0.4, -0.2) is 47.1 Å². The van der Waals surface area contributed by atoms with E-state index in [9.17, 15) is 14.7 Å². The van der Waals surface area contributed by atoms with Gasteiger partial charge in [-0.1, -0.05) is 47.5 Å². The van der Waals surface area contributed by atoms with Gasteiger partial charge in [-0.05, 0) is 73.6 Å². The van der Waals surface area contributed by atoms with Crippen molar-refractivity contribution in [3.8, 4) is 0 Å². The Labute approximate surface area is 257 Å². The number of ether oxygens (including phenoxy) is 1. The van der Waals surface area contributed by atoms with Crippen molar-refractivity contribution in [1.82, 2.24) is 4.90 Å². The van der Waals surface area contributed by atoms with Crippen molar-refractivity contribution in [2.45, 2.75) is 55.8 Å². The second kappa shape index (κ2) is 11.4. The molecule has 2 aliphatic heterocycles. The number of anilines is 1. The van der Waals surface area contributed by atoms with E-state index in [1.54, 1.807) is 43.3 Å². The maximum absolute atomic E-state index is 15.8. The van der Waals surface area contributed by atoms with E-state index in [1.165, 1.54) is 18.2 Å². The van der Waals surface area contributed by atoms with Gasteiger partial charge in [0.05, 0.1) is 28.3 Å². The fourth-order valence-electron chi connectivity index (χ4n) is 6.80. The zero-order chi connectivity index (χ0) is 30.6. The number of aliphatic hydroxyl groups is 1. The number of carbonyl (C=O) groups excluding carboxylic acids is 2. The van der Waals surface area contributed by atoms with Crippen LogP contribution in [0.25, 0.3) is 0 Å². The number of nitrogens with one attached hydrogen (secondary N) is 1. The number of fused-ring (bicyclic) bond motifs is 2. The highest BCUT2D eigenvalue weighted by atomic mass is 35.5. The SMILES string of the molecule is CCOC(=O)c1ccc([C@@H](O)C[C@H]2[C@@H](N)[C@H](c3cccc(Cl)c3F)[C@]3(C(=O)Nc4cc(Cl)c(F)cc43)N2CC2CC2)cc1. The van der Waals surface area contributed by atoms with Crippen LogP contribution in [-0.2, 0) is 15.1 Å². The number of carbonyl (C=O) groups is 2. The van der Waals surface area contributed by atoms with Gasteiger partial charge >= 0.3 is 5.97 Å². The summed E-state index contributed by atoms with van der Waals surface area (Å²) in [6, 6.07) is 12.1. The highest BCUT2D eigenvalue weighted by molar-refractivity contribution is 6.31. The van der Waals surface area contributed by atoms with Crippen LogP contribution in [0, 0.1) is 17.6 Å². The number of amides is 1. The lowest BCUT2D eigenvalue weighted by Crippen LogP contribution is -2.53. The first-order chi connectivity index (χ1) is 20.6. The zero-order valence-electron chi connectivity index (χ0n) is 23.3. The van der Waals surface area contributed by atoms with Crippen LogP contribution in [0.4, 0.5) is 14.5 Å². The van der Waals surface area contributed by atoms with E-state index in [1.807, 2.05) is 4.90 Å². The van der Waals surface area contributed by atoms with Crippen LogP contribution in [0.1, 0.15) is 65.3 Å². The molecule has 1 saturated heterocycles. The highest BCUT2D eigenvalue weighted by Crippen LogP contribution is 2.59. The van der Waals surface area contributed by atoms with Crippen molar-refractivity contribution in [2.24, 2.45) is 11.7 Å². The smallest absolute Gasteiger partial charge is 0.338 e. The fourth-order valence-corrected chi connectivity index (χ4v) is 7.15. The molecule has 43 heavy (non-hydrogen) atoms. The molecule has 1 saturated carbocycles. The van der Waals surface area contributed by atoms with E-state index in [-0.39, 0.29) is 34.6 Å². The number of halogens is 4. The largest absolute Gasteiger partial charge is 0.462 e. The lowest BCUT2D eigenvalue weighted by molar-refractivity contribution is -0.128. The summed E-state index contributed by atoms with van der Waals surface area (Å²) in [5.41, 5.74) is 7.07. The molecule has 1 amide bonds. The molecule has 0 radical (unpaired) electrons. The summed E-state index contributed by atoms with van der Waals surface area (Å²) in [5, 5.41) is 14.0. The average Bonchev–Trinajstić information content (AvgIpc) is 3.72. The fraction of sp³-hybridized carbons (Fsp3) is 0.375. The molecule has 3 aliphatic rings. The quantitative estimate of drug-likeness (QED) is 0.267. The molecule has 6 rings (SSSR count). The highest BCUT2D eigenvalue weighted by Gasteiger charge is 2.67. The van der Waals surface area contributed by atoms with Gasteiger partial charge in [-0.3, -0.25) is 9.69 Å². The summed E-state index contributed by atoms with van der Waals surface area (Å²) in [5.74, 6) is -3.09. The molecule has 1 aliphatic carbocycles. The van der Waals surface area contributed by atoms with Gasteiger partial charge in [0, 0.05) is 35.8 Å². The lowest BCUT2D eigenvalue weighted by atomic mass is 9.73. The Kier molecular flexibility index (Phi) is 7.98. The van der Waals surface area contributed by atoms with Crippen LogP contribution in [0.15, 0.2) is 54.6 Å². The summed E-state index contributed by atoms with van der Waals surface area (Å²) < 4.78 is 35.9. The van der Waals surface area contributed by atoms with E-state index in [4.69, 9.17) is 33.7 Å². The van der Waals surface area contributed by atoms with Gasteiger partial charge in [0.1, 0.15) is 17.2 Å². The van der Waals surface area contributed by atoms with E-state index >= 15 is 8.78 Å². The second-order valence-corrected chi connectivity index (χ2v) is 12.3. The van der Waals surface area contributed by atoms with E-state index in [0.717, 1.165) is 12.8 Å². The first-order valence-electron chi connectivity index (χ1n) is 14.3. The summed E-state index contributed by atoms with van der Waals surface area (Å²) in [6.07, 6.45) is 0.920. The molecule has 0 aromatic heterocycles. The predicted octanol–water partition coefficient (Wildman–Crippen LogP) is 5.92. The molecule has 4 N–H and O–H groups in total. The minimum atomic E-state index is -1.59. The normalized spacial score (nSPS) is 25.6. The van der Waals surface area contributed by atoms with E-state index < -0.39 is 53.2 Å². The molecule has 226 valence electrons. The second-order valence-electron chi connectivity index (χ2n) is 11.5. The van der Waals surface area contributed by atoms with Gasteiger partial charge in [0.25, 0.3) is 0 Å². The number of esters is 1. The number of nitrogens with two attached hydrogens (primary N) is 1. The number of nitrogens with zero attached hydrogens (tertiary/aromatic N) is 1. The third-order valence-corrected chi connectivity index (χ3v) is 9.52. The van der Waals surface area contributed by atoms with Crippen molar-refractivity contribution in [3.63, 3.8) is 0 Å². The molecule has 2 fully saturated rings. The van der Waals surface area contributed by atoms with Crippen LogP contribution in [0.5, 0.6) is 0 Å². The third-order valence-electron chi connectivity index (χ3n) is 8.94. The van der Waals surface area contributed by atoms with E-state index in [2.05, 4.69) is 5.32 Å². The van der Waals surface area contributed by atoms with Gasteiger partial charge in [-0.2, -0.15) is 0 Å². The standard InChI is InChI=1S/C32H31Cl2F2N3O4/c1-2-43-30(41)18-10-8-17(9-11-18)26(40)14-25-29(37)27(19-4-3-5-21(33)28(19)36)32(39(25)15-16-6-7-16)20-12-23(35)22(34)13-24(20)38-31(32)42/h3-5,8-13,16,25-27,29,40H,2,6-7,14-15,37H2,1H3,(H,38,42)/t25-,26-,27-,29+,32+/m0/s1. The molecule has 3 aromatic carbocycles. The zero-order valence-corrected chi connectivity index (χ0v) is 24.8. The Morgan fingerprint density at radius 1 is 1.16 bits per heavy atom. The molecule has 11 heteroatoms.